The van der Waals surface area contributed by atoms with Gasteiger partial charge < -0.3 is 10.2 Å². The quantitative estimate of drug-likeness (QED) is 0.771. The Kier molecular flexibility index (Phi) is 6.41. The van der Waals surface area contributed by atoms with Gasteiger partial charge >= 0.3 is 0 Å². The summed E-state index contributed by atoms with van der Waals surface area (Å²) in [5.74, 6) is 1.69. The highest BCUT2D eigenvalue weighted by atomic mass is 15.2. The van der Waals surface area contributed by atoms with Crippen molar-refractivity contribution in [3.05, 3.63) is 36.0 Å². The molecule has 118 valence electrons. The van der Waals surface area contributed by atoms with Crippen LogP contribution in [0.3, 0.4) is 0 Å². The molecule has 0 fully saturated rings. The number of rotatable bonds is 7. The summed E-state index contributed by atoms with van der Waals surface area (Å²) in [5, 5.41) is 3.48. The van der Waals surface area contributed by atoms with Crippen LogP contribution in [-0.4, -0.2) is 23.6 Å². The zero-order chi connectivity index (χ0) is 16.0. The van der Waals surface area contributed by atoms with Crippen molar-refractivity contribution in [1.29, 1.82) is 0 Å². The highest BCUT2D eigenvalue weighted by Crippen LogP contribution is 2.23. The van der Waals surface area contributed by atoms with Crippen LogP contribution in [0.15, 0.2) is 24.8 Å². The number of hydrogen-bond acceptors (Lipinski definition) is 3. The van der Waals surface area contributed by atoms with Gasteiger partial charge in [-0.05, 0) is 51.8 Å². The molecule has 0 saturated carbocycles. The molecule has 0 aliphatic rings. The van der Waals surface area contributed by atoms with Gasteiger partial charge in [-0.2, -0.15) is 0 Å². The summed E-state index contributed by atoms with van der Waals surface area (Å²) >= 11 is 0. The summed E-state index contributed by atoms with van der Waals surface area (Å²) in [4.78, 5) is 7.07. The highest BCUT2D eigenvalue weighted by molar-refractivity contribution is 5.44. The Morgan fingerprint density at radius 1 is 1.33 bits per heavy atom. The van der Waals surface area contributed by atoms with Crippen LogP contribution in [0.4, 0.5) is 5.82 Å². The summed E-state index contributed by atoms with van der Waals surface area (Å²) in [6.45, 7) is 19.7. The van der Waals surface area contributed by atoms with E-state index in [2.05, 4.69) is 70.5 Å². The van der Waals surface area contributed by atoms with E-state index >= 15 is 0 Å². The number of nitrogens with zero attached hydrogens (tertiary/aromatic N) is 2. The molecule has 3 heteroatoms. The van der Waals surface area contributed by atoms with Crippen molar-refractivity contribution in [1.82, 2.24) is 10.3 Å². The maximum Gasteiger partial charge on any atom is 0.129 e. The van der Waals surface area contributed by atoms with Gasteiger partial charge in [-0.15, -0.1) is 6.58 Å². The van der Waals surface area contributed by atoms with E-state index in [1.54, 1.807) is 0 Å². The second kappa shape index (κ2) is 7.60. The van der Waals surface area contributed by atoms with Crippen LogP contribution in [-0.2, 0) is 6.54 Å². The molecule has 0 saturated heterocycles. The van der Waals surface area contributed by atoms with Gasteiger partial charge in [0.2, 0.25) is 0 Å². The summed E-state index contributed by atoms with van der Waals surface area (Å²) in [6.07, 6.45) is 1.93. The van der Waals surface area contributed by atoms with Gasteiger partial charge in [0.15, 0.2) is 0 Å². The van der Waals surface area contributed by atoms with Gasteiger partial charge in [0.25, 0.3) is 0 Å². The number of hydrogen-bond donors (Lipinski definition) is 1. The molecule has 0 aliphatic carbocycles. The maximum absolute atomic E-state index is 4.79. The average molecular weight is 289 g/mol. The molecule has 0 aromatic carbocycles. The lowest BCUT2D eigenvalue weighted by molar-refractivity contribution is 0.516. The SMILES string of the molecule is C=CCN(c1ccc(CNCC(C)C)c(C)n1)C(C)(C)C. The first-order valence-corrected chi connectivity index (χ1v) is 7.81. The summed E-state index contributed by atoms with van der Waals surface area (Å²) in [5.41, 5.74) is 2.40. The van der Waals surface area contributed by atoms with E-state index < -0.39 is 0 Å². The summed E-state index contributed by atoms with van der Waals surface area (Å²) in [6, 6.07) is 4.31. The molecule has 0 aliphatic heterocycles. The van der Waals surface area contributed by atoms with Crippen LogP contribution in [0.25, 0.3) is 0 Å². The van der Waals surface area contributed by atoms with Gasteiger partial charge in [-0.3, -0.25) is 0 Å². The first-order valence-electron chi connectivity index (χ1n) is 7.81. The van der Waals surface area contributed by atoms with Gasteiger partial charge in [-0.25, -0.2) is 4.98 Å². The van der Waals surface area contributed by atoms with E-state index in [9.17, 15) is 0 Å². The minimum Gasteiger partial charge on any atom is -0.348 e. The third-order valence-electron chi connectivity index (χ3n) is 3.45. The third kappa shape index (κ3) is 5.50. The fourth-order valence-electron chi connectivity index (χ4n) is 2.25. The molecule has 1 heterocycles. The fraction of sp³-hybridized carbons (Fsp3) is 0.611. The van der Waals surface area contributed by atoms with E-state index in [4.69, 9.17) is 4.98 Å². The van der Waals surface area contributed by atoms with Crippen molar-refractivity contribution >= 4 is 5.82 Å². The number of aromatic nitrogens is 1. The smallest absolute Gasteiger partial charge is 0.129 e. The lowest BCUT2D eigenvalue weighted by Crippen LogP contribution is -2.42. The minimum atomic E-state index is 0.0328. The molecule has 0 unspecified atom stereocenters. The van der Waals surface area contributed by atoms with E-state index in [1.807, 2.05) is 6.08 Å². The normalized spacial score (nSPS) is 11.8. The molecule has 1 N–H and O–H groups in total. The van der Waals surface area contributed by atoms with Crippen LogP contribution >= 0.6 is 0 Å². The maximum atomic E-state index is 4.79. The lowest BCUT2D eigenvalue weighted by atomic mass is 10.1. The van der Waals surface area contributed by atoms with E-state index in [0.717, 1.165) is 31.1 Å². The van der Waals surface area contributed by atoms with Crippen molar-refractivity contribution < 1.29 is 0 Å². The fourth-order valence-corrected chi connectivity index (χ4v) is 2.25. The molecule has 3 nitrogen and oxygen atoms in total. The summed E-state index contributed by atoms with van der Waals surface area (Å²) in [7, 11) is 0. The Bertz CT molecular complexity index is 458. The molecular formula is C18H31N3. The molecule has 1 rings (SSSR count). The number of nitrogens with one attached hydrogen (secondary N) is 1. The average Bonchev–Trinajstić information content (AvgIpc) is 2.36. The molecule has 0 spiro atoms. The van der Waals surface area contributed by atoms with Gasteiger partial charge in [-0.1, -0.05) is 26.0 Å². The Hall–Kier alpha value is -1.35. The molecule has 0 bridgehead atoms. The molecule has 0 amide bonds. The molecule has 0 atom stereocenters. The highest BCUT2D eigenvalue weighted by Gasteiger charge is 2.21. The third-order valence-corrected chi connectivity index (χ3v) is 3.45. The van der Waals surface area contributed by atoms with E-state index in [-0.39, 0.29) is 5.54 Å². The first-order chi connectivity index (χ1) is 9.75. The topological polar surface area (TPSA) is 28.2 Å². The van der Waals surface area contributed by atoms with E-state index in [1.165, 1.54) is 5.56 Å². The van der Waals surface area contributed by atoms with Crippen molar-refractivity contribution in [2.75, 3.05) is 18.0 Å². The second-order valence-electron chi connectivity index (χ2n) is 7.01. The van der Waals surface area contributed by atoms with Gasteiger partial charge in [0.05, 0.1) is 0 Å². The number of anilines is 1. The van der Waals surface area contributed by atoms with Crippen LogP contribution in [0.2, 0.25) is 0 Å². The predicted octanol–water partition coefficient (Wildman–Crippen LogP) is 3.93. The predicted molar refractivity (Wildman–Crippen MR) is 92.8 cm³/mol. The first kappa shape index (κ1) is 17.7. The Morgan fingerprint density at radius 3 is 2.48 bits per heavy atom. The van der Waals surface area contributed by atoms with Crippen LogP contribution in [0.1, 0.15) is 45.9 Å². The molecule has 21 heavy (non-hydrogen) atoms. The Morgan fingerprint density at radius 2 is 2.00 bits per heavy atom. The molecule has 1 aromatic rings. The largest absolute Gasteiger partial charge is 0.348 e. The monoisotopic (exact) mass is 289 g/mol. The molecular weight excluding hydrogens is 258 g/mol. The summed E-state index contributed by atoms with van der Waals surface area (Å²) < 4.78 is 0. The van der Waals surface area contributed by atoms with Crippen LogP contribution < -0.4 is 10.2 Å². The molecule has 0 radical (unpaired) electrons. The Labute approximate surface area is 130 Å². The van der Waals surface area contributed by atoms with Gasteiger partial charge in [0.1, 0.15) is 5.82 Å². The van der Waals surface area contributed by atoms with Gasteiger partial charge in [0, 0.05) is 24.3 Å². The minimum absolute atomic E-state index is 0.0328. The standard InChI is InChI=1S/C18H31N3/c1-8-11-21(18(5,6)7)17-10-9-16(15(4)20-17)13-19-12-14(2)3/h8-10,14,19H,1,11-13H2,2-7H3. The van der Waals surface area contributed by atoms with Crippen LogP contribution in [0, 0.1) is 12.8 Å². The van der Waals surface area contributed by atoms with Crippen molar-refractivity contribution in [3.8, 4) is 0 Å². The zero-order valence-corrected chi connectivity index (χ0v) is 14.5. The van der Waals surface area contributed by atoms with Crippen molar-refractivity contribution in [3.63, 3.8) is 0 Å². The Balaban J connectivity index is 2.87. The lowest BCUT2D eigenvalue weighted by Gasteiger charge is -2.36. The number of pyridine rings is 1. The number of aryl methyl sites for hydroxylation is 1. The zero-order valence-electron chi connectivity index (χ0n) is 14.5. The van der Waals surface area contributed by atoms with E-state index in [0.29, 0.717) is 5.92 Å². The van der Waals surface area contributed by atoms with Crippen molar-refractivity contribution in [2.24, 2.45) is 5.92 Å². The van der Waals surface area contributed by atoms with Crippen molar-refractivity contribution in [2.45, 2.75) is 53.6 Å². The van der Waals surface area contributed by atoms with Crippen LogP contribution in [0.5, 0.6) is 0 Å². The second-order valence-corrected chi connectivity index (χ2v) is 7.01. The molecule has 1 aromatic heterocycles.